The van der Waals surface area contributed by atoms with Gasteiger partial charge < -0.3 is 10.3 Å². The highest BCUT2D eigenvalue weighted by atomic mass is 19.1. The first-order valence-electron chi connectivity index (χ1n) is 6.89. The molecule has 0 spiro atoms. The number of aromatic amines is 1. The minimum Gasteiger partial charge on any atom is -0.375 e. The standard InChI is InChI=1S/C17H12FN4/c18-12-10-16-15(9-11(12)13-5-1-3-7-19-13)21-17(22-16)14-6-2-4-8-20-14/h1-10,19H,(H,21,22). The van der Waals surface area contributed by atoms with Crippen LogP contribution >= 0.6 is 0 Å². The van der Waals surface area contributed by atoms with E-state index >= 15 is 0 Å². The van der Waals surface area contributed by atoms with E-state index in [1.165, 1.54) is 6.07 Å². The molecule has 0 bridgehead atoms. The summed E-state index contributed by atoms with van der Waals surface area (Å²) in [5.41, 5.74) is 2.58. The molecule has 5 heteroatoms. The normalized spacial score (nSPS) is 14.4. The molecule has 1 radical (unpaired) electrons. The molecule has 1 aliphatic heterocycles. The topological polar surface area (TPSA) is 53.6 Å². The minimum absolute atomic E-state index is 0.300. The molecule has 2 N–H and O–H groups in total. The number of aromatic nitrogens is 3. The number of hydrogen-bond acceptors (Lipinski definition) is 3. The van der Waals surface area contributed by atoms with E-state index in [-0.39, 0.29) is 5.82 Å². The zero-order valence-electron chi connectivity index (χ0n) is 11.5. The van der Waals surface area contributed by atoms with E-state index < -0.39 is 0 Å². The Balaban J connectivity index is 1.80. The summed E-state index contributed by atoms with van der Waals surface area (Å²) < 4.78 is 14.3. The summed E-state index contributed by atoms with van der Waals surface area (Å²) in [7, 11) is 0. The molecule has 107 valence electrons. The molecule has 0 unspecified atom stereocenters. The molecule has 0 amide bonds. The molecule has 4 nitrogen and oxygen atoms in total. The van der Waals surface area contributed by atoms with Gasteiger partial charge >= 0.3 is 0 Å². The fourth-order valence-electron chi connectivity index (χ4n) is 2.42. The van der Waals surface area contributed by atoms with Crippen LogP contribution in [0.1, 0.15) is 5.56 Å². The Morgan fingerprint density at radius 2 is 2.05 bits per heavy atom. The van der Waals surface area contributed by atoms with Crippen molar-refractivity contribution in [1.29, 1.82) is 0 Å². The SMILES string of the molecule is Fc1cc2[nH]c(-c3ccccn3)nc2cc1[C]1C=CC=CN1. The Morgan fingerprint density at radius 3 is 2.82 bits per heavy atom. The molecule has 2 aromatic heterocycles. The van der Waals surface area contributed by atoms with E-state index in [0.717, 1.165) is 5.69 Å². The van der Waals surface area contributed by atoms with Crippen LogP contribution in [0, 0.1) is 11.9 Å². The van der Waals surface area contributed by atoms with Crippen molar-refractivity contribution in [2.24, 2.45) is 0 Å². The number of pyridine rings is 1. The summed E-state index contributed by atoms with van der Waals surface area (Å²) in [4.78, 5) is 11.9. The summed E-state index contributed by atoms with van der Waals surface area (Å²) >= 11 is 0. The zero-order chi connectivity index (χ0) is 14.9. The maximum atomic E-state index is 14.3. The molecule has 3 heterocycles. The lowest BCUT2D eigenvalue weighted by Gasteiger charge is -2.15. The van der Waals surface area contributed by atoms with Crippen molar-refractivity contribution in [2.75, 3.05) is 0 Å². The lowest BCUT2D eigenvalue weighted by atomic mass is 10.0. The smallest absolute Gasteiger partial charge is 0.157 e. The number of hydrogen-bond donors (Lipinski definition) is 2. The van der Waals surface area contributed by atoms with E-state index in [1.54, 1.807) is 18.5 Å². The van der Waals surface area contributed by atoms with Crippen LogP contribution in [0.2, 0.25) is 0 Å². The molecule has 1 aliphatic rings. The highest BCUT2D eigenvalue weighted by molar-refractivity contribution is 5.80. The number of allylic oxidation sites excluding steroid dienone is 2. The van der Waals surface area contributed by atoms with Gasteiger partial charge in [-0.25, -0.2) is 9.37 Å². The highest BCUT2D eigenvalue weighted by Gasteiger charge is 2.17. The molecule has 0 fully saturated rings. The van der Waals surface area contributed by atoms with Gasteiger partial charge in [0.25, 0.3) is 0 Å². The van der Waals surface area contributed by atoms with Crippen LogP contribution in [0.25, 0.3) is 22.6 Å². The molecule has 0 saturated heterocycles. The summed E-state index contributed by atoms with van der Waals surface area (Å²) in [6.07, 6.45) is 9.01. The number of H-pyrrole nitrogens is 1. The molecule has 0 atom stereocenters. The van der Waals surface area contributed by atoms with Crippen LogP contribution in [0.4, 0.5) is 4.39 Å². The average Bonchev–Trinajstić information content (AvgIpc) is 2.98. The predicted octanol–water partition coefficient (Wildman–Crippen LogP) is 3.32. The summed E-state index contributed by atoms with van der Waals surface area (Å²) in [5, 5.41) is 3.04. The second kappa shape index (κ2) is 5.11. The van der Waals surface area contributed by atoms with E-state index in [9.17, 15) is 4.39 Å². The van der Waals surface area contributed by atoms with Crippen LogP contribution in [-0.4, -0.2) is 15.0 Å². The molecule has 4 rings (SSSR count). The van der Waals surface area contributed by atoms with Crippen LogP contribution < -0.4 is 5.32 Å². The van der Waals surface area contributed by atoms with E-state index in [1.807, 2.05) is 36.4 Å². The van der Waals surface area contributed by atoms with Gasteiger partial charge in [0.15, 0.2) is 5.82 Å². The van der Waals surface area contributed by atoms with Crippen molar-refractivity contribution in [3.63, 3.8) is 0 Å². The van der Waals surface area contributed by atoms with Gasteiger partial charge in [0, 0.05) is 11.8 Å². The van der Waals surface area contributed by atoms with E-state index in [2.05, 4.69) is 20.3 Å². The monoisotopic (exact) mass is 291 g/mol. The number of fused-ring (bicyclic) bond motifs is 1. The Morgan fingerprint density at radius 1 is 1.09 bits per heavy atom. The molecule has 1 aromatic carbocycles. The van der Waals surface area contributed by atoms with Crippen LogP contribution in [0.3, 0.4) is 0 Å². The fourth-order valence-corrected chi connectivity index (χ4v) is 2.42. The number of nitrogens with one attached hydrogen (secondary N) is 2. The number of halogens is 1. The Kier molecular flexibility index (Phi) is 2.96. The fraction of sp³-hybridized carbons (Fsp3) is 0. The lowest BCUT2D eigenvalue weighted by Crippen LogP contribution is -2.17. The van der Waals surface area contributed by atoms with Crippen molar-refractivity contribution in [2.45, 2.75) is 0 Å². The first-order chi connectivity index (χ1) is 10.8. The van der Waals surface area contributed by atoms with Gasteiger partial charge in [-0.15, -0.1) is 0 Å². The third kappa shape index (κ3) is 2.16. The van der Waals surface area contributed by atoms with Crippen LogP contribution in [0.15, 0.2) is 61.0 Å². The van der Waals surface area contributed by atoms with Crippen molar-refractivity contribution in [3.8, 4) is 11.5 Å². The van der Waals surface area contributed by atoms with Crippen molar-refractivity contribution >= 4 is 11.0 Å². The van der Waals surface area contributed by atoms with E-state index in [0.29, 0.717) is 28.5 Å². The van der Waals surface area contributed by atoms with Crippen molar-refractivity contribution in [1.82, 2.24) is 20.3 Å². The van der Waals surface area contributed by atoms with Crippen LogP contribution in [0.5, 0.6) is 0 Å². The van der Waals surface area contributed by atoms with Crippen LogP contribution in [-0.2, 0) is 0 Å². The Labute approximate surface area is 126 Å². The van der Waals surface area contributed by atoms with Crippen molar-refractivity contribution in [3.05, 3.63) is 78.4 Å². The average molecular weight is 291 g/mol. The van der Waals surface area contributed by atoms with Gasteiger partial charge in [-0.1, -0.05) is 18.2 Å². The third-order valence-electron chi connectivity index (χ3n) is 3.48. The van der Waals surface area contributed by atoms with Gasteiger partial charge in [0.05, 0.1) is 11.0 Å². The van der Waals surface area contributed by atoms with Gasteiger partial charge in [-0.2, -0.15) is 0 Å². The number of nitrogens with zero attached hydrogens (tertiary/aromatic N) is 2. The number of rotatable bonds is 2. The van der Waals surface area contributed by atoms with Gasteiger partial charge in [0.2, 0.25) is 0 Å². The van der Waals surface area contributed by atoms with Gasteiger partial charge in [-0.05, 0) is 36.5 Å². The molecule has 3 aromatic rings. The molecule has 0 aliphatic carbocycles. The Hall–Kier alpha value is -2.95. The molecular weight excluding hydrogens is 279 g/mol. The second-order valence-electron chi connectivity index (χ2n) is 4.93. The quantitative estimate of drug-likeness (QED) is 0.761. The maximum absolute atomic E-state index is 14.3. The van der Waals surface area contributed by atoms with Gasteiger partial charge in [-0.3, -0.25) is 4.98 Å². The summed E-state index contributed by atoms with van der Waals surface area (Å²) in [6, 6.07) is 9.50. The second-order valence-corrected chi connectivity index (χ2v) is 4.93. The highest BCUT2D eigenvalue weighted by Crippen LogP contribution is 2.26. The first-order valence-corrected chi connectivity index (χ1v) is 6.89. The van der Waals surface area contributed by atoms with Crippen molar-refractivity contribution < 1.29 is 4.39 Å². The zero-order valence-corrected chi connectivity index (χ0v) is 11.5. The van der Waals surface area contributed by atoms with Gasteiger partial charge in [0.1, 0.15) is 17.6 Å². The predicted molar refractivity (Wildman–Crippen MR) is 83.0 cm³/mol. The number of imidazole rings is 1. The largest absolute Gasteiger partial charge is 0.375 e. The number of benzene rings is 1. The summed E-state index contributed by atoms with van der Waals surface area (Å²) in [6.45, 7) is 0. The summed E-state index contributed by atoms with van der Waals surface area (Å²) in [5.74, 6) is 0.329. The first kappa shape index (κ1) is 12.8. The Bertz CT molecular complexity index is 880. The third-order valence-corrected chi connectivity index (χ3v) is 3.48. The minimum atomic E-state index is -0.300. The van der Waals surface area contributed by atoms with E-state index in [4.69, 9.17) is 0 Å². The number of dihydropyridines is 1. The molecule has 0 saturated carbocycles. The maximum Gasteiger partial charge on any atom is 0.157 e. The molecule has 22 heavy (non-hydrogen) atoms. The molecular formula is C17H12FN4. The lowest BCUT2D eigenvalue weighted by molar-refractivity contribution is 0.615.